The number of hydrogen-bond donors (Lipinski definition) is 1. The average molecular weight is 407 g/mol. The van der Waals surface area contributed by atoms with Gasteiger partial charge in [-0.25, -0.2) is 8.42 Å². The van der Waals surface area contributed by atoms with Crippen molar-refractivity contribution < 1.29 is 18.0 Å². The van der Waals surface area contributed by atoms with Gasteiger partial charge in [-0.2, -0.15) is 0 Å². The van der Waals surface area contributed by atoms with Gasteiger partial charge in [0.2, 0.25) is 5.91 Å². The molecule has 0 fully saturated rings. The van der Waals surface area contributed by atoms with Crippen molar-refractivity contribution in [3.8, 4) is 0 Å². The number of sulfone groups is 1. The molecule has 8 heteroatoms. The Balaban J connectivity index is 1.86. The molecule has 1 heterocycles. The minimum atomic E-state index is -3.29. The molecule has 0 saturated heterocycles. The summed E-state index contributed by atoms with van der Waals surface area (Å²) in [6.07, 6.45) is 1.12. The molecule has 0 saturated carbocycles. The van der Waals surface area contributed by atoms with Crippen LogP contribution in [0.25, 0.3) is 0 Å². The van der Waals surface area contributed by atoms with Crippen molar-refractivity contribution >= 4 is 38.9 Å². The number of carbonyl (C=O) groups excluding carboxylic acids is 2. The van der Waals surface area contributed by atoms with Crippen LogP contribution in [0, 0.1) is 0 Å². The summed E-state index contributed by atoms with van der Waals surface area (Å²) >= 11 is 6.09. The zero-order valence-electron chi connectivity index (χ0n) is 14.7. The van der Waals surface area contributed by atoms with Gasteiger partial charge >= 0.3 is 0 Å². The van der Waals surface area contributed by atoms with Crippen LogP contribution in [-0.4, -0.2) is 43.2 Å². The fraction of sp³-hybridized carbons (Fsp3) is 0.263. The lowest BCUT2D eigenvalue weighted by Crippen LogP contribution is -2.45. The predicted molar refractivity (Wildman–Crippen MR) is 105 cm³/mol. The third kappa shape index (κ3) is 4.48. The van der Waals surface area contributed by atoms with E-state index in [-0.39, 0.29) is 24.6 Å². The Bertz CT molecular complexity index is 991. The van der Waals surface area contributed by atoms with E-state index in [1.54, 1.807) is 36.4 Å². The molecule has 2 amide bonds. The number of benzene rings is 2. The molecule has 2 aromatic carbocycles. The van der Waals surface area contributed by atoms with Gasteiger partial charge in [0.25, 0.3) is 5.91 Å². The van der Waals surface area contributed by atoms with Gasteiger partial charge in [-0.05, 0) is 30.2 Å². The summed E-state index contributed by atoms with van der Waals surface area (Å²) in [6.45, 7) is 0.263. The molecule has 1 aliphatic heterocycles. The Morgan fingerprint density at radius 3 is 2.52 bits per heavy atom. The molecule has 1 atom stereocenters. The number of para-hydroxylation sites is 1. The Hall–Kier alpha value is -2.38. The van der Waals surface area contributed by atoms with Gasteiger partial charge in [0.1, 0.15) is 15.9 Å². The van der Waals surface area contributed by atoms with Gasteiger partial charge < -0.3 is 10.2 Å². The maximum atomic E-state index is 12.9. The molecule has 2 aromatic rings. The highest BCUT2D eigenvalue weighted by molar-refractivity contribution is 7.90. The molecule has 142 valence electrons. The molecule has 0 radical (unpaired) electrons. The van der Waals surface area contributed by atoms with Gasteiger partial charge in [-0.3, -0.25) is 9.59 Å². The number of anilines is 1. The van der Waals surface area contributed by atoms with E-state index in [0.717, 1.165) is 11.8 Å². The summed E-state index contributed by atoms with van der Waals surface area (Å²) in [6, 6.07) is 12.9. The summed E-state index contributed by atoms with van der Waals surface area (Å²) in [5.74, 6) is -0.945. The number of fused-ring (bicyclic) bond motifs is 1. The third-order valence-electron chi connectivity index (χ3n) is 4.42. The van der Waals surface area contributed by atoms with Crippen LogP contribution in [0.1, 0.15) is 22.3 Å². The minimum absolute atomic E-state index is 0.00878. The van der Waals surface area contributed by atoms with Crippen LogP contribution >= 0.6 is 11.6 Å². The first-order valence-electron chi connectivity index (χ1n) is 8.38. The number of amides is 2. The smallest absolute Gasteiger partial charge is 0.255 e. The first-order valence-corrected chi connectivity index (χ1v) is 10.8. The normalized spacial score (nSPS) is 14.7. The molecule has 1 N–H and O–H groups in total. The molecule has 27 heavy (non-hydrogen) atoms. The topological polar surface area (TPSA) is 83.6 Å². The number of halogens is 1. The van der Waals surface area contributed by atoms with Gasteiger partial charge in [-0.15, -0.1) is 0 Å². The zero-order chi connectivity index (χ0) is 19.6. The maximum Gasteiger partial charge on any atom is 0.255 e. The van der Waals surface area contributed by atoms with Crippen molar-refractivity contribution in [3.63, 3.8) is 0 Å². The summed E-state index contributed by atoms with van der Waals surface area (Å²) < 4.78 is 23.3. The quantitative estimate of drug-likeness (QED) is 0.799. The number of hydrogen-bond acceptors (Lipinski definition) is 4. The van der Waals surface area contributed by atoms with Crippen molar-refractivity contribution in [2.75, 3.05) is 17.3 Å². The Labute approximate surface area is 163 Å². The Morgan fingerprint density at radius 2 is 1.85 bits per heavy atom. The molecule has 6 nitrogen and oxygen atoms in total. The monoisotopic (exact) mass is 406 g/mol. The molecule has 0 spiro atoms. The van der Waals surface area contributed by atoms with Crippen LogP contribution in [0.4, 0.5) is 5.69 Å². The minimum Gasteiger partial charge on any atom is -0.323 e. The van der Waals surface area contributed by atoms with E-state index in [2.05, 4.69) is 5.32 Å². The highest BCUT2D eigenvalue weighted by Gasteiger charge is 2.36. The van der Waals surface area contributed by atoms with Gasteiger partial charge in [0.15, 0.2) is 0 Å². The van der Waals surface area contributed by atoms with E-state index in [0.29, 0.717) is 16.3 Å². The number of nitrogens with one attached hydrogen (secondary N) is 1. The van der Waals surface area contributed by atoms with Crippen LogP contribution in [0.15, 0.2) is 48.5 Å². The highest BCUT2D eigenvalue weighted by Crippen LogP contribution is 2.27. The van der Waals surface area contributed by atoms with Gasteiger partial charge in [0, 0.05) is 18.4 Å². The van der Waals surface area contributed by atoms with E-state index in [9.17, 15) is 18.0 Å². The summed E-state index contributed by atoms with van der Waals surface area (Å²) in [4.78, 5) is 27.1. The van der Waals surface area contributed by atoms with E-state index < -0.39 is 21.8 Å². The predicted octanol–water partition coefficient (Wildman–Crippen LogP) is 2.74. The van der Waals surface area contributed by atoms with Crippen LogP contribution in [0.2, 0.25) is 5.02 Å². The zero-order valence-corrected chi connectivity index (χ0v) is 16.3. The largest absolute Gasteiger partial charge is 0.323 e. The molecule has 0 aliphatic carbocycles. The van der Waals surface area contributed by atoms with Crippen LogP contribution in [0.5, 0.6) is 0 Å². The molecule has 3 rings (SSSR count). The molecule has 0 unspecified atom stereocenters. The number of nitrogens with zero attached hydrogens (tertiary/aromatic N) is 1. The van der Waals surface area contributed by atoms with E-state index in [1.807, 2.05) is 12.1 Å². The Morgan fingerprint density at radius 1 is 1.19 bits per heavy atom. The lowest BCUT2D eigenvalue weighted by molar-refractivity contribution is -0.120. The fourth-order valence-corrected chi connectivity index (χ4v) is 3.90. The second kappa shape index (κ2) is 7.70. The molecular weight excluding hydrogens is 388 g/mol. The average Bonchev–Trinajstić information content (AvgIpc) is 2.93. The summed E-state index contributed by atoms with van der Waals surface area (Å²) in [5, 5.41) is 3.08. The summed E-state index contributed by atoms with van der Waals surface area (Å²) in [7, 11) is -3.29. The van der Waals surface area contributed by atoms with Crippen molar-refractivity contribution in [2.45, 2.75) is 19.0 Å². The fourth-order valence-electron chi connectivity index (χ4n) is 3.06. The number of carbonyl (C=O) groups is 2. The van der Waals surface area contributed by atoms with Crippen molar-refractivity contribution in [1.82, 2.24) is 4.90 Å². The lowest BCUT2D eigenvalue weighted by Gasteiger charge is -2.27. The first kappa shape index (κ1) is 19.4. The molecule has 1 aliphatic rings. The van der Waals surface area contributed by atoms with Crippen molar-refractivity contribution in [1.29, 1.82) is 0 Å². The highest BCUT2D eigenvalue weighted by atomic mass is 35.5. The van der Waals surface area contributed by atoms with E-state index in [4.69, 9.17) is 11.6 Å². The molecule has 0 aromatic heterocycles. The van der Waals surface area contributed by atoms with Crippen molar-refractivity contribution in [2.24, 2.45) is 0 Å². The molecule has 0 bridgehead atoms. The van der Waals surface area contributed by atoms with Gasteiger partial charge in [0.05, 0.1) is 16.5 Å². The van der Waals surface area contributed by atoms with Crippen LogP contribution in [-0.2, 0) is 21.2 Å². The summed E-state index contributed by atoms with van der Waals surface area (Å²) in [5.41, 5.74) is 1.77. The standard InChI is InChI=1S/C19H19ClN2O4S/c1-27(25,26)11-10-17(18(23)21-16-9-5-4-8-15(16)20)22-12-13-6-2-3-7-14(13)19(22)24/h2-9,17H,10-12H2,1H3,(H,21,23)/t17-/m0/s1. The number of rotatable bonds is 6. The van der Waals surface area contributed by atoms with Crippen LogP contribution in [0.3, 0.4) is 0 Å². The SMILES string of the molecule is CS(=O)(=O)CC[C@@H](C(=O)Nc1ccccc1Cl)N1Cc2ccccc2C1=O. The first-order chi connectivity index (χ1) is 12.8. The second-order valence-corrected chi connectivity index (χ2v) is 9.16. The second-order valence-electron chi connectivity index (χ2n) is 6.49. The lowest BCUT2D eigenvalue weighted by atomic mass is 10.1. The van der Waals surface area contributed by atoms with Gasteiger partial charge in [-0.1, -0.05) is 41.9 Å². The third-order valence-corrected chi connectivity index (χ3v) is 5.73. The van der Waals surface area contributed by atoms with Crippen molar-refractivity contribution in [3.05, 3.63) is 64.7 Å². The maximum absolute atomic E-state index is 12.9. The van der Waals surface area contributed by atoms with E-state index in [1.165, 1.54) is 4.90 Å². The van der Waals surface area contributed by atoms with Crippen LogP contribution < -0.4 is 5.32 Å². The Kier molecular flexibility index (Phi) is 5.53. The van der Waals surface area contributed by atoms with E-state index >= 15 is 0 Å². The molecular formula is C19H19ClN2O4S.